The van der Waals surface area contributed by atoms with Crippen LogP contribution in [0, 0.1) is 0 Å². The van der Waals surface area contributed by atoms with E-state index in [0.29, 0.717) is 42.4 Å². The van der Waals surface area contributed by atoms with Crippen LogP contribution in [0.2, 0.25) is 5.02 Å². The molecule has 2 heterocycles. The highest BCUT2D eigenvalue weighted by atomic mass is 35.5. The van der Waals surface area contributed by atoms with E-state index in [9.17, 15) is 13.2 Å². The second kappa shape index (κ2) is 7.24. The first-order chi connectivity index (χ1) is 12.0. The molecule has 0 bridgehead atoms. The Labute approximate surface area is 160 Å². The number of piperidine rings is 1. The Bertz CT molecular complexity index is 777. The highest BCUT2D eigenvalue weighted by molar-refractivity contribution is 8.00. The van der Waals surface area contributed by atoms with Gasteiger partial charge < -0.3 is 4.42 Å². The van der Waals surface area contributed by atoms with Gasteiger partial charge in [0.15, 0.2) is 5.58 Å². The Morgan fingerprint density at radius 3 is 2.46 bits per heavy atom. The van der Waals surface area contributed by atoms with Crippen LogP contribution < -0.4 is 0 Å². The Balaban J connectivity index is 1.75. The van der Waals surface area contributed by atoms with Crippen LogP contribution in [-0.2, 0) is 5.41 Å². The molecular formula is C18H22ClF3N2OS. The fourth-order valence-electron chi connectivity index (χ4n) is 2.98. The number of hydrogen-bond donors (Lipinski definition) is 0. The van der Waals surface area contributed by atoms with Gasteiger partial charge in [-0.25, -0.2) is 4.98 Å². The number of likely N-dealkylation sites (tertiary alicyclic amines) is 1. The minimum absolute atomic E-state index is 0.212. The van der Waals surface area contributed by atoms with Crippen molar-refractivity contribution in [1.29, 1.82) is 0 Å². The van der Waals surface area contributed by atoms with Crippen LogP contribution in [0.1, 0.15) is 39.5 Å². The topological polar surface area (TPSA) is 29.3 Å². The minimum atomic E-state index is -4.14. The lowest BCUT2D eigenvalue weighted by Crippen LogP contribution is -2.40. The molecule has 1 aromatic carbocycles. The molecule has 0 unspecified atom stereocenters. The van der Waals surface area contributed by atoms with Crippen molar-refractivity contribution < 1.29 is 17.6 Å². The van der Waals surface area contributed by atoms with Crippen LogP contribution in [0.15, 0.2) is 21.4 Å². The smallest absolute Gasteiger partial charge is 0.401 e. The van der Waals surface area contributed by atoms with Crippen molar-refractivity contribution in [1.82, 2.24) is 9.88 Å². The first-order valence-corrected chi connectivity index (χ1v) is 9.84. The number of benzene rings is 1. The zero-order valence-electron chi connectivity index (χ0n) is 15.0. The normalized spacial score (nSPS) is 18.0. The van der Waals surface area contributed by atoms with E-state index >= 15 is 0 Å². The van der Waals surface area contributed by atoms with Gasteiger partial charge in [0.1, 0.15) is 5.52 Å². The third-order valence-electron chi connectivity index (χ3n) is 4.33. The number of oxazole rings is 1. The third kappa shape index (κ3) is 4.67. The van der Waals surface area contributed by atoms with E-state index in [-0.39, 0.29) is 10.7 Å². The van der Waals surface area contributed by atoms with E-state index < -0.39 is 12.7 Å². The molecule has 26 heavy (non-hydrogen) atoms. The number of alkyl halides is 3. The Morgan fingerprint density at radius 2 is 1.88 bits per heavy atom. The predicted octanol–water partition coefficient (Wildman–Crippen LogP) is 5.90. The molecule has 1 saturated heterocycles. The van der Waals surface area contributed by atoms with Crippen molar-refractivity contribution in [2.24, 2.45) is 0 Å². The maximum Gasteiger partial charge on any atom is 0.401 e. The van der Waals surface area contributed by atoms with Crippen molar-refractivity contribution >= 4 is 34.5 Å². The molecular weight excluding hydrogens is 385 g/mol. The van der Waals surface area contributed by atoms with Crippen LogP contribution >= 0.6 is 23.4 Å². The quantitative estimate of drug-likeness (QED) is 0.634. The van der Waals surface area contributed by atoms with E-state index in [1.807, 2.05) is 26.8 Å². The summed E-state index contributed by atoms with van der Waals surface area (Å²) in [6, 6.07) is 3.65. The molecule has 3 nitrogen and oxygen atoms in total. The molecule has 1 fully saturated rings. The molecule has 0 saturated carbocycles. The van der Waals surface area contributed by atoms with Gasteiger partial charge in [0.05, 0.1) is 16.5 Å². The lowest BCUT2D eigenvalue weighted by molar-refractivity contribution is -0.147. The van der Waals surface area contributed by atoms with Crippen LogP contribution in [0.3, 0.4) is 0 Å². The Morgan fingerprint density at radius 1 is 1.23 bits per heavy atom. The second-order valence-corrected chi connectivity index (χ2v) is 9.42. The molecule has 1 aromatic heterocycles. The molecule has 0 radical (unpaired) electrons. The van der Waals surface area contributed by atoms with Gasteiger partial charge >= 0.3 is 6.18 Å². The van der Waals surface area contributed by atoms with Gasteiger partial charge in [0, 0.05) is 10.7 Å². The largest absolute Gasteiger partial charge is 0.439 e. The summed E-state index contributed by atoms with van der Waals surface area (Å²) in [5.74, 6) is 0.650. The lowest BCUT2D eigenvalue weighted by atomic mass is 9.97. The summed E-state index contributed by atoms with van der Waals surface area (Å²) < 4.78 is 43.6. The van der Waals surface area contributed by atoms with Crippen LogP contribution in [0.4, 0.5) is 13.2 Å². The maximum absolute atomic E-state index is 12.5. The van der Waals surface area contributed by atoms with E-state index in [0.717, 1.165) is 10.4 Å². The Kier molecular flexibility index (Phi) is 5.53. The van der Waals surface area contributed by atoms with Crippen molar-refractivity contribution in [3.05, 3.63) is 23.0 Å². The van der Waals surface area contributed by atoms with Gasteiger partial charge in [-0.1, -0.05) is 32.4 Å². The second-order valence-electron chi connectivity index (χ2n) is 7.70. The average Bonchev–Trinajstić information content (AvgIpc) is 2.95. The van der Waals surface area contributed by atoms with Crippen LogP contribution in [-0.4, -0.2) is 40.9 Å². The summed E-state index contributed by atoms with van der Waals surface area (Å²) in [7, 11) is 0. The average molecular weight is 407 g/mol. The number of hydrogen-bond acceptors (Lipinski definition) is 4. The van der Waals surface area contributed by atoms with Crippen molar-refractivity contribution in [2.45, 2.75) is 55.3 Å². The van der Waals surface area contributed by atoms with Gasteiger partial charge in [0.2, 0.25) is 5.89 Å². The third-order valence-corrected chi connectivity index (χ3v) is 6.20. The van der Waals surface area contributed by atoms with Crippen molar-refractivity contribution in [2.75, 3.05) is 19.6 Å². The number of halogens is 4. The van der Waals surface area contributed by atoms with Gasteiger partial charge in [-0.15, -0.1) is 11.8 Å². The molecule has 0 atom stereocenters. The zero-order chi connectivity index (χ0) is 19.1. The highest BCUT2D eigenvalue weighted by Crippen LogP contribution is 2.41. The minimum Gasteiger partial charge on any atom is -0.439 e. The number of aromatic nitrogens is 1. The monoisotopic (exact) mass is 406 g/mol. The van der Waals surface area contributed by atoms with E-state index in [4.69, 9.17) is 16.0 Å². The van der Waals surface area contributed by atoms with Gasteiger partial charge in [0.25, 0.3) is 0 Å². The summed E-state index contributed by atoms with van der Waals surface area (Å²) in [4.78, 5) is 6.86. The summed E-state index contributed by atoms with van der Waals surface area (Å²) in [6.45, 7) is 6.13. The molecule has 0 N–H and O–H groups in total. The summed E-state index contributed by atoms with van der Waals surface area (Å²) in [5, 5.41) is 0.808. The molecule has 8 heteroatoms. The lowest BCUT2D eigenvalue weighted by Gasteiger charge is -2.32. The standard InChI is InChI=1S/C18H22ClF3N2OS/c1-17(2,3)16-23-13-5-4-12(19)15(14(13)25-16)26-11-6-8-24(9-7-11)10-18(20,21)22/h4-5,11H,6-10H2,1-3H3. The molecule has 0 aliphatic carbocycles. The van der Waals surface area contributed by atoms with Gasteiger partial charge in [-0.05, 0) is 38.1 Å². The molecule has 0 amide bonds. The fraction of sp³-hybridized carbons (Fsp3) is 0.611. The van der Waals surface area contributed by atoms with Crippen molar-refractivity contribution in [3.8, 4) is 0 Å². The number of fused-ring (bicyclic) bond motifs is 1. The van der Waals surface area contributed by atoms with Gasteiger partial charge in [-0.3, -0.25) is 4.90 Å². The molecule has 0 spiro atoms. The molecule has 1 aliphatic rings. The van der Waals surface area contributed by atoms with Crippen LogP contribution in [0.5, 0.6) is 0 Å². The summed E-state index contributed by atoms with van der Waals surface area (Å²) >= 11 is 7.98. The molecule has 144 valence electrons. The maximum atomic E-state index is 12.5. The van der Waals surface area contributed by atoms with Crippen molar-refractivity contribution in [3.63, 3.8) is 0 Å². The molecule has 2 aromatic rings. The summed E-state index contributed by atoms with van der Waals surface area (Å²) in [6.07, 6.45) is -2.76. The summed E-state index contributed by atoms with van der Waals surface area (Å²) in [5.41, 5.74) is 1.22. The number of rotatable bonds is 3. The molecule has 3 rings (SSSR count). The highest BCUT2D eigenvalue weighted by Gasteiger charge is 2.33. The van der Waals surface area contributed by atoms with Gasteiger partial charge in [-0.2, -0.15) is 13.2 Å². The molecule has 1 aliphatic heterocycles. The first-order valence-electron chi connectivity index (χ1n) is 8.58. The number of nitrogens with zero attached hydrogens (tertiary/aromatic N) is 2. The van der Waals surface area contributed by atoms with E-state index in [1.54, 1.807) is 17.8 Å². The number of thioether (sulfide) groups is 1. The zero-order valence-corrected chi connectivity index (χ0v) is 16.6. The Hall–Kier alpha value is -0.920. The fourth-order valence-corrected chi connectivity index (χ4v) is 4.48. The first kappa shape index (κ1) is 19.8. The van der Waals surface area contributed by atoms with E-state index in [1.165, 1.54) is 4.90 Å². The van der Waals surface area contributed by atoms with Crippen LogP contribution in [0.25, 0.3) is 11.1 Å². The van der Waals surface area contributed by atoms with E-state index in [2.05, 4.69) is 4.98 Å². The predicted molar refractivity (Wildman–Crippen MR) is 99.1 cm³/mol. The SMILES string of the molecule is CC(C)(C)c1nc2ccc(Cl)c(SC3CCN(CC(F)(F)F)CC3)c2o1.